The van der Waals surface area contributed by atoms with Crippen molar-refractivity contribution in [3.05, 3.63) is 0 Å². The fraction of sp³-hybridized carbons (Fsp3) is 0.750. The lowest BCUT2D eigenvalue weighted by Gasteiger charge is -2.34. The molecule has 0 aliphatic heterocycles. The number of aromatic amines is 1. The lowest BCUT2D eigenvalue weighted by Crippen LogP contribution is -2.41. The van der Waals surface area contributed by atoms with E-state index < -0.39 is 0 Å². The fourth-order valence-corrected chi connectivity index (χ4v) is 1.58. The summed E-state index contributed by atoms with van der Waals surface area (Å²) in [6.45, 7) is 2.79. The predicted octanol–water partition coefficient (Wildman–Crippen LogP) is 0.366. The number of anilines is 2. The van der Waals surface area contributed by atoms with E-state index in [9.17, 15) is 0 Å². The van der Waals surface area contributed by atoms with Gasteiger partial charge in [-0.05, 0) is 19.8 Å². The number of hydrogen-bond acceptors (Lipinski definition) is 5. The SMILES string of the molecule is CCOC1CC(Nc2n[nH]c(N)n2)C1. The van der Waals surface area contributed by atoms with Crippen LogP contribution >= 0.6 is 0 Å². The van der Waals surface area contributed by atoms with Crippen molar-refractivity contribution < 1.29 is 4.74 Å². The minimum absolute atomic E-state index is 0.341. The monoisotopic (exact) mass is 197 g/mol. The van der Waals surface area contributed by atoms with Gasteiger partial charge in [-0.3, -0.25) is 0 Å². The van der Waals surface area contributed by atoms with Crippen molar-refractivity contribution in [3.63, 3.8) is 0 Å². The molecule has 4 N–H and O–H groups in total. The molecule has 1 aromatic rings. The van der Waals surface area contributed by atoms with Crippen molar-refractivity contribution in [3.8, 4) is 0 Å². The average Bonchev–Trinajstić information content (AvgIpc) is 2.48. The van der Waals surface area contributed by atoms with Crippen LogP contribution in [-0.4, -0.2) is 33.9 Å². The zero-order valence-electron chi connectivity index (χ0n) is 8.16. The topological polar surface area (TPSA) is 88.8 Å². The van der Waals surface area contributed by atoms with E-state index in [1.807, 2.05) is 6.92 Å². The van der Waals surface area contributed by atoms with Gasteiger partial charge in [0.2, 0.25) is 11.9 Å². The van der Waals surface area contributed by atoms with Crippen LogP contribution in [0.15, 0.2) is 0 Å². The molecule has 0 amide bonds. The lowest BCUT2D eigenvalue weighted by molar-refractivity contribution is 0.00286. The summed E-state index contributed by atoms with van der Waals surface area (Å²) in [7, 11) is 0. The average molecular weight is 197 g/mol. The van der Waals surface area contributed by atoms with E-state index in [0.29, 0.717) is 24.0 Å². The maximum absolute atomic E-state index is 5.44. The van der Waals surface area contributed by atoms with Gasteiger partial charge >= 0.3 is 0 Å². The summed E-state index contributed by atoms with van der Waals surface area (Å²) >= 11 is 0. The Morgan fingerprint density at radius 2 is 2.43 bits per heavy atom. The molecule has 78 valence electrons. The number of aromatic nitrogens is 3. The second-order valence-corrected chi connectivity index (χ2v) is 3.43. The van der Waals surface area contributed by atoms with Gasteiger partial charge in [0.05, 0.1) is 6.10 Å². The quantitative estimate of drug-likeness (QED) is 0.648. The largest absolute Gasteiger partial charge is 0.378 e. The number of rotatable bonds is 4. The normalized spacial score (nSPS) is 25.8. The lowest BCUT2D eigenvalue weighted by atomic mass is 9.89. The summed E-state index contributed by atoms with van der Waals surface area (Å²) in [5, 5.41) is 9.65. The maximum Gasteiger partial charge on any atom is 0.243 e. The molecular weight excluding hydrogens is 182 g/mol. The Morgan fingerprint density at radius 3 is 3.00 bits per heavy atom. The molecule has 1 aromatic heterocycles. The third-order valence-electron chi connectivity index (χ3n) is 2.33. The molecule has 2 rings (SSSR count). The molecule has 6 nitrogen and oxygen atoms in total. The van der Waals surface area contributed by atoms with Crippen molar-refractivity contribution in [2.75, 3.05) is 17.7 Å². The van der Waals surface area contributed by atoms with Crippen LogP contribution in [0.25, 0.3) is 0 Å². The summed E-state index contributed by atoms with van der Waals surface area (Å²) in [5.74, 6) is 0.913. The number of nitrogens with two attached hydrogens (primary N) is 1. The zero-order valence-corrected chi connectivity index (χ0v) is 8.16. The minimum Gasteiger partial charge on any atom is -0.378 e. The second kappa shape index (κ2) is 3.83. The summed E-state index contributed by atoms with van der Waals surface area (Å²) in [6.07, 6.45) is 2.43. The summed E-state index contributed by atoms with van der Waals surface area (Å²) in [4.78, 5) is 3.96. The number of H-pyrrole nitrogens is 1. The first-order valence-corrected chi connectivity index (χ1v) is 4.84. The predicted molar refractivity (Wildman–Crippen MR) is 52.9 cm³/mol. The van der Waals surface area contributed by atoms with Crippen molar-refractivity contribution in [1.29, 1.82) is 0 Å². The van der Waals surface area contributed by atoms with Crippen LogP contribution in [-0.2, 0) is 4.74 Å². The van der Waals surface area contributed by atoms with Crippen molar-refractivity contribution in [2.45, 2.75) is 31.9 Å². The van der Waals surface area contributed by atoms with E-state index in [-0.39, 0.29) is 0 Å². The molecule has 0 radical (unpaired) electrons. The molecule has 0 bridgehead atoms. The highest BCUT2D eigenvalue weighted by molar-refractivity contribution is 5.31. The van der Waals surface area contributed by atoms with Gasteiger partial charge in [0.1, 0.15) is 0 Å². The van der Waals surface area contributed by atoms with Crippen molar-refractivity contribution in [1.82, 2.24) is 15.2 Å². The van der Waals surface area contributed by atoms with E-state index in [0.717, 1.165) is 19.4 Å². The van der Waals surface area contributed by atoms with E-state index >= 15 is 0 Å². The van der Waals surface area contributed by atoms with Crippen LogP contribution in [0, 0.1) is 0 Å². The van der Waals surface area contributed by atoms with Crippen molar-refractivity contribution >= 4 is 11.9 Å². The Kier molecular flexibility index (Phi) is 2.53. The molecule has 1 aliphatic carbocycles. The van der Waals surface area contributed by atoms with Gasteiger partial charge in [-0.1, -0.05) is 0 Å². The zero-order chi connectivity index (χ0) is 9.97. The van der Waals surface area contributed by atoms with Crippen LogP contribution in [0.5, 0.6) is 0 Å². The van der Waals surface area contributed by atoms with Crippen LogP contribution < -0.4 is 11.1 Å². The van der Waals surface area contributed by atoms with Gasteiger partial charge in [0.25, 0.3) is 0 Å². The fourth-order valence-electron chi connectivity index (χ4n) is 1.58. The number of ether oxygens (including phenoxy) is 1. The van der Waals surface area contributed by atoms with Gasteiger partial charge in [-0.25, -0.2) is 5.10 Å². The smallest absolute Gasteiger partial charge is 0.243 e. The Morgan fingerprint density at radius 1 is 1.64 bits per heavy atom. The molecule has 0 aromatic carbocycles. The summed E-state index contributed by atoms with van der Waals surface area (Å²) in [5.41, 5.74) is 5.39. The molecule has 0 unspecified atom stereocenters. The first-order valence-electron chi connectivity index (χ1n) is 4.84. The summed E-state index contributed by atoms with van der Waals surface area (Å²) in [6, 6.07) is 0.418. The van der Waals surface area contributed by atoms with Crippen LogP contribution in [0.1, 0.15) is 19.8 Å². The van der Waals surface area contributed by atoms with Crippen LogP contribution in [0.3, 0.4) is 0 Å². The van der Waals surface area contributed by atoms with Crippen LogP contribution in [0.2, 0.25) is 0 Å². The van der Waals surface area contributed by atoms with Crippen molar-refractivity contribution in [2.24, 2.45) is 0 Å². The van der Waals surface area contributed by atoms with Gasteiger partial charge in [-0.2, -0.15) is 4.98 Å². The third-order valence-corrected chi connectivity index (χ3v) is 2.33. The van der Waals surface area contributed by atoms with E-state index in [1.165, 1.54) is 0 Å². The third kappa shape index (κ3) is 1.95. The van der Waals surface area contributed by atoms with Gasteiger partial charge in [0, 0.05) is 12.6 Å². The Bertz CT molecular complexity index is 294. The van der Waals surface area contributed by atoms with Gasteiger partial charge < -0.3 is 15.8 Å². The van der Waals surface area contributed by atoms with E-state index in [4.69, 9.17) is 10.5 Å². The number of nitrogen functional groups attached to an aromatic ring is 1. The van der Waals surface area contributed by atoms with Gasteiger partial charge in [-0.15, -0.1) is 5.10 Å². The molecule has 1 aliphatic rings. The first-order chi connectivity index (χ1) is 6.78. The molecule has 14 heavy (non-hydrogen) atoms. The maximum atomic E-state index is 5.44. The molecule has 0 spiro atoms. The highest BCUT2D eigenvalue weighted by Crippen LogP contribution is 2.25. The first kappa shape index (κ1) is 9.26. The van der Waals surface area contributed by atoms with Crippen LogP contribution in [0.4, 0.5) is 11.9 Å². The molecular formula is C8H15N5O. The molecule has 1 saturated carbocycles. The Labute approximate surface area is 82.2 Å². The van der Waals surface area contributed by atoms with E-state index in [2.05, 4.69) is 20.5 Å². The number of nitrogens with one attached hydrogen (secondary N) is 2. The molecule has 0 atom stereocenters. The number of nitrogens with zero attached hydrogens (tertiary/aromatic N) is 2. The Balaban J connectivity index is 1.74. The highest BCUT2D eigenvalue weighted by atomic mass is 16.5. The minimum atomic E-state index is 0.341. The second-order valence-electron chi connectivity index (χ2n) is 3.43. The molecule has 1 heterocycles. The molecule has 1 fully saturated rings. The summed E-state index contributed by atoms with van der Waals surface area (Å²) < 4.78 is 5.44. The Hall–Kier alpha value is -1.30. The van der Waals surface area contributed by atoms with E-state index in [1.54, 1.807) is 0 Å². The number of hydrogen-bond donors (Lipinski definition) is 3. The van der Waals surface area contributed by atoms with Gasteiger partial charge in [0.15, 0.2) is 0 Å². The molecule has 6 heteroatoms. The molecule has 0 saturated heterocycles. The highest BCUT2D eigenvalue weighted by Gasteiger charge is 2.30. The standard InChI is InChI=1S/C8H15N5O/c1-2-14-6-3-5(4-6)10-8-11-7(9)12-13-8/h5-6H,2-4H2,1H3,(H4,9,10,11,12,13).